The van der Waals surface area contributed by atoms with Crippen LogP contribution in [0.4, 0.5) is 0 Å². The molecular weight excluding hydrogens is 1430 g/mol. The van der Waals surface area contributed by atoms with E-state index in [1.165, 1.54) is 88.6 Å². The first kappa shape index (κ1) is 73.2. The first-order valence-electron chi connectivity index (χ1n) is 28.8. The van der Waals surface area contributed by atoms with Gasteiger partial charge in [-0.1, -0.05) is 234 Å². The van der Waals surface area contributed by atoms with Crippen LogP contribution in [0.2, 0.25) is 0 Å². The molecule has 12 heteroatoms. The van der Waals surface area contributed by atoms with Gasteiger partial charge in [0.1, 0.15) is 35.2 Å². The molecule has 462 valence electrons. The molecule has 9 rings (SSSR count). The lowest BCUT2D eigenvalue weighted by Crippen LogP contribution is -3.62. The molecule has 9 aromatic rings. The zero-order valence-electron chi connectivity index (χ0n) is 53.9. The van der Waals surface area contributed by atoms with Crippen LogP contribution in [0.15, 0.2) is 214 Å². The number of carboxylic acid groups (broad SMARTS) is 3. The summed E-state index contributed by atoms with van der Waals surface area (Å²) >= 11 is -0.440. The number of benzene rings is 6. The average molecular weight is 1510 g/mol. The van der Waals surface area contributed by atoms with Gasteiger partial charge in [0.05, 0.1) is 18.8 Å². The molecule has 0 bridgehead atoms. The molecule has 6 aromatic carbocycles. The summed E-state index contributed by atoms with van der Waals surface area (Å²) in [4.78, 5) is 29.6. The predicted octanol–water partition coefficient (Wildman–Crippen LogP) is 6.16. The van der Waals surface area contributed by atoms with E-state index in [0.717, 1.165) is 0 Å². The van der Waals surface area contributed by atoms with Crippen molar-refractivity contribution in [2.75, 3.05) is 0 Å². The highest BCUT2D eigenvalue weighted by atomic mass is 127. The fraction of sp³-hybridized carbons (Fsp3) is 0.320. The van der Waals surface area contributed by atoms with Gasteiger partial charge >= 0.3 is 63.6 Å². The van der Waals surface area contributed by atoms with E-state index in [0.29, 0.717) is 0 Å². The summed E-state index contributed by atoms with van der Waals surface area (Å²) in [5.74, 6) is -4.25. The van der Waals surface area contributed by atoms with Gasteiger partial charge < -0.3 is 43.0 Å². The van der Waals surface area contributed by atoms with E-state index in [2.05, 4.69) is 283 Å². The first-order valence-corrected chi connectivity index (χ1v) is 35.2. The van der Waals surface area contributed by atoms with Crippen molar-refractivity contribution in [3.63, 3.8) is 0 Å². The minimum Gasteiger partial charge on any atom is -0.542 e. The van der Waals surface area contributed by atoms with Crippen molar-refractivity contribution >= 4 is 17.9 Å². The Labute approximate surface area is 549 Å². The summed E-state index contributed by atoms with van der Waals surface area (Å²) < 4.78 is 22.6. The molecule has 0 atom stereocenters. The minimum absolute atomic E-state index is 0.134. The molecule has 0 amide bonds. The Morgan fingerprint density at radius 1 is 0.253 bits per heavy atom. The van der Waals surface area contributed by atoms with Gasteiger partial charge in [-0.25, -0.2) is 0 Å². The molecule has 0 radical (unpaired) electrons. The number of halogens is 3. The second-order valence-electron chi connectivity index (χ2n) is 26.5. The van der Waals surface area contributed by atoms with E-state index in [-0.39, 0.29) is 113 Å². The largest absolute Gasteiger partial charge is 0.542 e. The normalized spacial score (nSPS) is 11.5. The SMILES string of the molecule is CC(C)(C)c1ccccc1[I+]c1ccccc1C(C)(C)C.CC(C)(C)c1ccccc1[I+]c1ccccc1C(C)(C)C.CC(C)(C)c1ccccc1[I+]c1ccccc1C(C)(C)C.O=C([O-])c1ccco1.O=C([O-])c1ccco1.O=C([O-])c1ccco1. The third-order valence-corrected chi connectivity index (χ3v) is 22.0. The van der Waals surface area contributed by atoms with Crippen LogP contribution in [0.25, 0.3) is 0 Å². The van der Waals surface area contributed by atoms with Crippen LogP contribution >= 0.6 is 0 Å². The number of hydrogen-bond donors (Lipinski definition) is 0. The van der Waals surface area contributed by atoms with Crippen molar-refractivity contribution < 1.29 is 107 Å². The Bertz CT molecular complexity index is 2990. The molecule has 3 aromatic heterocycles. The van der Waals surface area contributed by atoms with Gasteiger partial charge in [0, 0.05) is 33.4 Å². The van der Waals surface area contributed by atoms with Crippen molar-refractivity contribution in [3.05, 3.63) is 273 Å². The maximum Gasteiger partial charge on any atom is 0.358 e. The zero-order chi connectivity index (χ0) is 65.0. The van der Waals surface area contributed by atoms with Gasteiger partial charge in [-0.05, 0) is 105 Å². The number of carbonyl (C=O) groups excluding carboxylic acids is 3. The van der Waals surface area contributed by atoms with Crippen LogP contribution < -0.4 is 78.9 Å². The standard InChI is InChI=1S/3C20H26I.3C5H4O3/c3*1-19(2,3)15-11-7-9-13-17(15)21-18-14-10-8-12-16(18)20(4,5)6;3*6-5(7)4-2-1-3-8-4/h3*7-14H,1-6H3;3*1-3H,(H,6,7)/q3*+1;;;/p-3. The number of hydrogen-bond acceptors (Lipinski definition) is 9. The third-order valence-electron chi connectivity index (χ3n) is 12.9. The maximum atomic E-state index is 9.86. The zero-order valence-corrected chi connectivity index (χ0v) is 60.3. The average Bonchev–Trinajstić information content (AvgIpc) is 2.02. The van der Waals surface area contributed by atoms with Crippen LogP contribution in [0.1, 0.15) is 190 Å². The number of carbonyl (C=O) groups is 3. The second-order valence-corrected chi connectivity index (χ2v) is 35.0. The molecule has 0 N–H and O–H groups in total. The highest BCUT2D eigenvalue weighted by Crippen LogP contribution is 2.26. The summed E-state index contributed by atoms with van der Waals surface area (Å²) in [7, 11) is 0. The molecular formula is C75H87I3O9. The van der Waals surface area contributed by atoms with Gasteiger partial charge in [-0.2, -0.15) is 0 Å². The Hall–Kier alpha value is -6.24. The molecule has 87 heavy (non-hydrogen) atoms. The van der Waals surface area contributed by atoms with Gasteiger partial charge in [0.25, 0.3) is 0 Å². The van der Waals surface area contributed by atoms with Crippen LogP contribution in [-0.2, 0) is 32.5 Å². The van der Waals surface area contributed by atoms with Crippen molar-refractivity contribution in [2.45, 2.75) is 157 Å². The number of furan rings is 3. The monoisotopic (exact) mass is 1510 g/mol. The predicted molar refractivity (Wildman–Crippen MR) is 332 cm³/mol. The summed E-state index contributed by atoms with van der Waals surface area (Å²) in [6, 6.07) is 62.3. The van der Waals surface area contributed by atoms with E-state index in [1.54, 1.807) is 21.4 Å². The van der Waals surface area contributed by atoms with Crippen LogP contribution in [-0.4, -0.2) is 17.9 Å². The molecule has 9 nitrogen and oxygen atoms in total. The first-order chi connectivity index (χ1) is 40.5. The minimum atomic E-state index is -1.28. The van der Waals surface area contributed by atoms with E-state index in [9.17, 15) is 29.7 Å². The van der Waals surface area contributed by atoms with Crippen LogP contribution in [0, 0.1) is 21.4 Å². The molecule has 0 unspecified atom stereocenters. The quantitative estimate of drug-likeness (QED) is 0.154. The molecule has 0 saturated carbocycles. The van der Waals surface area contributed by atoms with Gasteiger partial charge in [0.2, 0.25) is 0 Å². The molecule has 0 aliphatic carbocycles. The van der Waals surface area contributed by atoms with E-state index >= 15 is 0 Å². The van der Waals surface area contributed by atoms with E-state index in [1.807, 2.05) is 0 Å². The van der Waals surface area contributed by atoms with Gasteiger partial charge in [0.15, 0.2) is 21.4 Å². The second kappa shape index (κ2) is 32.8. The Balaban J connectivity index is 0.000000235. The van der Waals surface area contributed by atoms with Crippen molar-refractivity contribution in [3.8, 4) is 0 Å². The molecule has 0 aliphatic rings. The topological polar surface area (TPSA) is 160 Å². The Morgan fingerprint density at radius 3 is 0.506 bits per heavy atom. The molecule has 3 heterocycles. The highest BCUT2D eigenvalue weighted by Gasteiger charge is 2.34. The summed E-state index contributed by atoms with van der Waals surface area (Å²) in [5.41, 5.74) is 10.3. The smallest absolute Gasteiger partial charge is 0.358 e. The molecule has 0 spiro atoms. The van der Waals surface area contributed by atoms with E-state index in [4.69, 9.17) is 0 Å². The summed E-state index contributed by atoms with van der Waals surface area (Å²) in [5, 5.41) is 29.6. The Morgan fingerprint density at radius 2 is 0.402 bits per heavy atom. The highest BCUT2D eigenvalue weighted by molar-refractivity contribution is 5.82. The summed E-state index contributed by atoms with van der Waals surface area (Å²) in [6.07, 6.45) is 3.85. The lowest BCUT2D eigenvalue weighted by molar-refractivity contribution is -0.600. The Kier molecular flexibility index (Phi) is 27.6. The van der Waals surface area contributed by atoms with Crippen molar-refractivity contribution in [2.24, 2.45) is 0 Å². The molecule has 0 saturated heterocycles. The lowest BCUT2D eigenvalue weighted by Gasteiger charge is -2.20. The van der Waals surface area contributed by atoms with Gasteiger partial charge in [-0.3, -0.25) is 0 Å². The van der Waals surface area contributed by atoms with E-state index < -0.39 is 17.9 Å². The lowest BCUT2D eigenvalue weighted by atomic mass is 9.87. The fourth-order valence-electron chi connectivity index (χ4n) is 8.42. The number of aromatic carboxylic acids is 3. The van der Waals surface area contributed by atoms with Gasteiger partial charge in [-0.15, -0.1) is 0 Å². The number of rotatable bonds is 9. The molecule has 0 fully saturated rings. The fourth-order valence-corrected chi connectivity index (χ4v) is 20.3. The third kappa shape index (κ3) is 24.3. The summed E-state index contributed by atoms with van der Waals surface area (Å²) in [6.45, 7) is 41.6. The molecule has 0 aliphatic heterocycles. The van der Waals surface area contributed by atoms with Crippen LogP contribution in [0.5, 0.6) is 0 Å². The van der Waals surface area contributed by atoms with Crippen molar-refractivity contribution in [1.29, 1.82) is 0 Å². The number of carboxylic acids is 3. The van der Waals surface area contributed by atoms with Crippen LogP contribution in [0.3, 0.4) is 0 Å². The maximum absolute atomic E-state index is 9.86. The van der Waals surface area contributed by atoms with Crippen molar-refractivity contribution in [1.82, 2.24) is 0 Å².